The molecule has 11 heteroatoms. The number of carbonyl (C=O) groups excluding carboxylic acids is 3. The van der Waals surface area contributed by atoms with Crippen molar-refractivity contribution in [2.45, 2.75) is 110 Å². The predicted molar refractivity (Wildman–Crippen MR) is 160 cm³/mol. The Bertz CT molecular complexity index is 685. The quantitative estimate of drug-likeness (QED) is 0.138. The molecule has 1 fully saturated rings. The second kappa shape index (κ2) is 29.0. The molecular formula is C32H59GdN4O6. The van der Waals surface area contributed by atoms with Gasteiger partial charge in [0.25, 0.3) is 0 Å². The van der Waals surface area contributed by atoms with Crippen LogP contribution in [0.1, 0.15) is 110 Å². The molecular weight excluding hydrogens is 694 g/mol. The monoisotopic (exact) mass is 753 g/mol. The van der Waals surface area contributed by atoms with Gasteiger partial charge < -0.3 is 34.6 Å². The molecule has 0 aliphatic carbocycles. The van der Waals surface area contributed by atoms with Gasteiger partial charge >= 0.3 is 39.9 Å². The van der Waals surface area contributed by atoms with E-state index in [1.807, 2.05) is 0 Å². The van der Waals surface area contributed by atoms with Gasteiger partial charge in [0.05, 0.1) is 17.9 Å². The van der Waals surface area contributed by atoms with Gasteiger partial charge in [-0.1, -0.05) is 103 Å². The summed E-state index contributed by atoms with van der Waals surface area (Å²) < 4.78 is 0. The molecule has 43 heavy (non-hydrogen) atoms. The maximum atomic E-state index is 11.3. The summed E-state index contributed by atoms with van der Waals surface area (Å²) in [6.45, 7) is 6.26. The number of unbranched alkanes of at least 4 members (excludes halogenated alkanes) is 15. The number of rotatable bonds is 23. The minimum Gasteiger partial charge on any atom is -0.549 e. The molecule has 0 saturated carbocycles. The average Bonchev–Trinajstić information content (AvgIpc) is 2.93. The molecule has 0 aromatic carbocycles. The zero-order valence-electron chi connectivity index (χ0n) is 26.9. The molecule has 0 unspecified atom stereocenters. The number of nitrogens with zero attached hydrogens (tertiary/aromatic N) is 4. The van der Waals surface area contributed by atoms with Crippen molar-refractivity contribution in [2.75, 3.05) is 78.5 Å². The number of hydrogen-bond acceptors (Lipinski definition) is 10. The molecule has 0 N–H and O–H groups in total. The van der Waals surface area contributed by atoms with Gasteiger partial charge in [0, 0.05) is 72.0 Å². The second-order valence-corrected chi connectivity index (χ2v) is 12.1. The molecule has 1 aliphatic heterocycles. The van der Waals surface area contributed by atoms with Crippen LogP contribution in [-0.4, -0.2) is 116 Å². The van der Waals surface area contributed by atoms with E-state index in [0.717, 1.165) is 19.4 Å². The fraction of sp³-hybridized carbons (Fsp3) is 0.906. The molecule has 0 bridgehead atoms. The Balaban J connectivity index is 0.0000176. The minimum atomic E-state index is -1.22. The molecule has 0 aromatic rings. The standard InChI is InChI=1S/C32H62N4O6.Gd/c1-2-3-4-5-6-7-8-9-10-11-12-13-14-15-16-17-18-33-19-21-34(27-30(37)38)23-25-36(29-32(41)42)26-24-35(22-20-33)28-31(39)40;/h2-29H2,1H3,(H,37,38)(H,39,40)(H,41,42);/q;+3/p-3. The topological polar surface area (TPSA) is 133 Å². The first-order valence-electron chi connectivity index (χ1n) is 16.8. The van der Waals surface area contributed by atoms with E-state index in [4.69, 9.17) is 0 Å². The Kier molecular flexibility index (Phi) is 28.7. The average molecular weight is 753 g/mol. The molecule has 1 rings (SSSR count). The van der Waals surface area contributed by atoms with Crippen molar-refractivity contribution >= 4 is 17.9 Å². The van der Waals surface area contributed by atoms with Crippen LogP contribution in [-0.2, 0) is 14.4 Å². The zero-order valence-corrected chi connectivity index (χ0v) is 29.2. The Labute approximate surface area is 293 Å². The summed E-state index contributed by atoms with van der Waals surface area (Å²) in [6, 6.07) is 0. The van der Waals surface area contributed by atoms with Crippen LogP contribution in [0.2, 0.25) is 0 Å². The van der Waals surface area contributed by atoms with Crippen LogP contribution >= 0.6 is 0 Å². The van der Waals surface area contributed by atoms with Crippen molar-refractivity contribution in [3.8, 4) is 0 Å². The van der Waals surface area contributed by atoms with Gasteiger partial charge in [0.15, 0.2) is 0 Å². The van der Waals surface area contributed by atoms with Gasteiger partial charge in [-0.05, 0) is 13.0 Å². The molecule has 0 amide bonds. The predicted octanol–water partition coefficient (Wildman–Crippen LogP) is 0.719. The van der Waals surface area contributed by atoms with Crippen molar-refractivity contribution in [1.29, 1.82) is 0 Å². The molecule has 0 spiro atoms. The van der Waals surface area contributed by atoms with Crippen LogP contribution in [0.15, 0.2) is 0 Å². The number of aliphatic carboxylic acids is 3. The van der Waals surface area contributed by atoms with Crippen molar-refractivity contribution < 1.29 is 69.6 Å². The molecule has 1 radical (unpaired) electrons. The molecule has 251 valence electrons. The normalized spacial score (nSPS) is 16.7. The first-order valence-corrected chi connectivity index (χ1v) is 16.8. The molecule has 1 saturated heterocycles. The number of carbonyl (C=O) groups is 3. The van der Waals surface area contributed by atoms with Gasteiger partial charge in [-0.25, -0.2) is 0 Å². The smallest absolute Gasteiger partial charge is 0.549 e. The number of carboxylic acid groups (broad SMARTS) is 3. The van der Waals surface area contributed by atoms with E-state index in [2.05, 4.69) is 11.8 Å². The van der Waals surface area contributed by atoms with E-state index in [0.29, 0.717) is 52.4 Å². The van der Waals surface area contributed by atoms with E-state index < -0.39 is 17.9 Å². The van der Waals surface area contributed by atoms with Gasteiger partial charge in [0.1, 0.15) is 0 Å². The molecule has 0 aromatic heterocycles. The summed E-state index contributed by atoms with van der Waals surface area (Å²) in [4.78, 5) is 41.4. The van der Waals surface area contributed by atoms with E-state index in [1.165, 1.54) is 89.9 Å². The van der Waals surface area contributed by atoms with Gasteiger partial charge in [-0.3, -0.25) is 14.7 Å². The van der Waals surface area contributed by atoms with Crippen LogP contribution < -0.4 is 15.3 Å². The summed E-state index contributed by atoms with van der Waals surface area (Å²) in [5, 5.41) is 33.8. The van der Waals surface area contributed by atoms with Gasteiger partial charge in [-0.15, -0.1) is 0 Å². The molecule has 1 aliphatic rings. The van der Waals surface area contributed by atoms with Gasteiger partial charge in [0.2, 0.25) is 0 Å². The van der Waals surface area contributed by atoms with Crippen molar-refractivity contribution in [3.63, 3.8) is 0 Å². The molecule has 10 nitrogen and oxygen atoms in total. The van der Waals surface area contributed by atoms with Crippen molar-refractivity contribution in [1.82, 2.24) is 19.6 Å². The maximum Gasteiger partial charge on any atom is 3.00 e. The third-order valence-corrected chi connectivity index (χ3v) is 8.32. The van der Waals surface area contributed by atoms with Gasteiger partial charge in [-0.2, -0.15) is 0 Å². The summed E-state index contributed by atoms with van der Waals surface area (Å²) in [5.41, 5.74) is 0. The third kappa shape index (κ3) is 26.5. The maximum absolute atomic E-state index is 11.3. The second-order valence-electron chi connectivity index (χ2n) is 12.1. The number of hydrogen-bond donors (Lipinski definition) is 0. The summed E-state index contributed by atoms with van der Waals surface area (Å²) >= 11 is 0. The molecule has 0 atom stereocenters. The Morgan fingerprint density at radius 3 is 0.907 bits per heavy atom. The van der Waals surface area contributed by atoms with E-state index in [-0.39, 0.29) is 59.6 Å². The van der Waals surface area contributed by atoms with Crippen LogP contribution in [0.25, 0.3) is 0 Å². The first kappa shape index (κ1) is 42.6. The minimum absolute atomic E-state index is 0. The van der Waals surface area contributed by atoms with Crippen molar-refractivity contribution in [2.24, 2.45) is 0 Å². The van der Waals surface area contributed by atoms with Crippen LogP contribution in [0.3, 0.4) is 0 Å². The Hall–Kier alpha value is -0.425. The molecule has 1 heterocycles. The largest absolute Gasteiger partial charge is 3.00 e. The fourth-order valence-corrected chi connectivity index (χ4v) is 5.71. The summed E-state index contributed by atoms with van der Waals surface area (Å²) in [5.74, 6) is -3.53. The fourth-order valence-electron chi connectivity index (χ4n) is 5.71. The SMILES string of the molecule is CCCCCCCCCCCCCCCCCCN1CCN(CC(=O)[O-])CCN(CC(=O)[O-])CCN(CC(=O)[O-])CC1.[Gd+3]. The van der Waals surface area contributed by atoms with Crippen LogP contribution in [0.5, 0.6) is 0 Å². The summed E-state index contributed by atoms with van der Waals surface area (Å²) in [6.07, 6.45) is 21.1. The first-order chi connectivity index (χ1) is 20.3. The zero-order chi connectivity index (χ0) is 30.8. The van der Waals surface area contributed by atoms with E-state index in [1.54, 1.807) is 14.7 Å². The van der Waals surface area contributed by atoms with Crippen molar-refractivity contribution in [3.05, 3.63) is 0 Å². The summed E-state index contributed by atoms with van der Waals surface area (Å²) in [7, 11) is 0. The Morgan fingerprint density at radius 2 is 0.651 bits per heavy atom. The number of carboxylic acids is 3. The van der Waals surface area contributed by atoms with E-state index >= 15 is 0 Å². The van der Waals surface area contributed by atoms with Crippen LogP contribution in [0.4, 0.5) is 0 Å². The third-order valence-electron chi connectivity index (χ3n) is 8.32. The van der Waals surface area contributed by atoms with E-state index in [9.17, 15) is 29.7 Å². The Morgan fingerprint density at radius 1 is 0.419 bits per heavy atom. The van der Waals surface area contributed by atoms with Crippen LogP contribution in [0, 0.1) is 39.9 Å².